The zero-order valence-corrected chi connectivity index (χ0v) is 39.1. The first-order valence-electron chi connectivity index (χ1n) is 22.0. The number of hydrogen-bond acceptors (Lipinski definition) is 17. The van der Waals surface area contributed by atoms with Gasteiger partial charge in [-0.25, -0.2) is 18.6 Å². The maximum absolute atomic E-state index is 13.5. The molecule has 0 fully saturated rings. The van der Waals surface area contributed by atoms with Crippen LogP contribution in [0.3, 0.4) is 0 Å². The largest absolute Gasteiger partial charge is 0.514 e. The van der Waals surface area contributed by atoms with E-state index in [1.807, 2.05) is 18.0 Å². The molecule has 1 aromatic heterocycles. The van der Waals surface area contributed by atoms with Crippen molar-refractivity contribution < 1.29 is 79.3 Å². The smallest absolute Gasteiger partial charge is 0.432 e. The topological polar surface area (TPSA) is 181 Å². The monoisotopic (exact) mass is 966 g/mol. The molecular formula is C44H66F4N4O13S. The van der Waals surface area contributed by atoms with Crippen LogP contribution in [0.5, 0.6) is 5.75 Å². The van der Waals surface area contributed by atoms with Crippen molar-refractivity contribution in [3.05, 3.63) is 50.7 Å². The molecule has 0 aliphatic carbocycles. The molecule has 2 aromatic rings. The number of likely N-dealkylation sites (N-methyl/N-ethyl adjacent to an activating group) is 1. The molecule has 0 saturated carbocycles. The zero-order chi connectivity index (χ0) is 47.8. The molecule has 3 rings (SSSR count). The van der Waals surface area contributed by atoms with Crippen LogP contribution in [0, 0.1) is 23.3 Å². The van der Waals surface area contributed by atoms with E-state index in [-0.39, 0.29) is 38.4 Å². The van der Waals surface area contributed by atoms with Crippen LogP contribution < -0.4 is 10.5 Å². The number of rotatable bonds is 38. The Bertz CT molecular complexity index is 1730. The predicted octanol–water partition coefficient (Wildman–Crippen LogP) is 5.53. The fourth-order valence-electron chi connectivity index (χ4n) is 5.87. The van der Waals surface area contributed by atoms with Crippen molar-refractivity contribution in [2.45, 2.75) is 39.7 Å². The van der Waals surface area contributed by atoms with Gasteiger partial charge in [-0.3, -0.25) is 9.69 Å². The molecule has 1 aliphatic heterocycles. The van der Waals surface area contributed by atoms with E-state index in [4.69, 9.17) is 48.4 Å². The number of nitrogens with zero attached hydrogens (tertiary/aromatic N) is 3. The van der Waals surface area contributed by atoms with Gasteiger partial charge in [-0.05, 0) is 32.0 Å². The van der Waals surface area contributed by atoms with Crippen LogP contribution in [-0.4, -0.2) is 180 Å². The molecule has 2 N–H and O–H groups in total. The number of amides is 1. The van der Waals surface area contributed by atoms with Crippen molar-refractivity contribution >= 4 is 41.0 Å². The van der Waals surface area contributed by atoms with Gasteiger partial charge >= 0.3 is 6.16 Å². The molecular weight excluding hydrogens is 901 g/mol. The van der Waals surface area contributed by atoms with Gasteiger partial charge in [0, 0.05) is 49.1 Å². The third kappa shape index (κ3) is 23.3. The lowest BCUT2D eigenvalue weighted by molar-refractivity contribution is -0.127. The highest BCUT2D eigenvalue weighted by atomic mass is 32.1. The molecule has 1 amide bonds. The number of carbonyl (C=O) groups excluding carboxylic acids is 2. The Balaban J connectivity index is 1.02. The summed E-state index contributed by atoms with van der Waals surface area (Å²) in [5.74, 6) is -8.20. The normalized spacial score (nSPS) is 12.5. The van der Waals surface area contributed by atoms with Crippen LogP contribution in [0.2, 0.25) is 0 Å². The van der Waals surface area contributed by atoms with Crippen LogP contribution in [0.1, 0.15) is 42.9 Å². The Labute approximate surface area is 388 Å². The van der Waals surface area contributed by atoms with Crippen LogP contribution in [0.25, 0.3) is 6.08 Å². The summed E-state index contributed by atoms with van der Waals surface area (Å²) in [6.07, 6.45) is 2.58. The van der Waals surface area contributed by atoms with Gasteiger partial charge in [-0.1, -0.05) is 13.8 Å². The highest BCUT2D eigenvalue weighted by Gasteiger charge is 2.24. The minimum Gasteiger partial charge on any atom is -0.432 e. The molecule has 0 saturated heterocycles. The third-order valence-corrected chi connectivity index (χ3v) is 10.1. The Kier molecular flexibility index (Phi) is 29.5. The van der Waals surface area contributed by atoms with Gasteiger partial charge in [0.15, 0.2) is 11.6 Å². The molecule has 66 heavy (non-hydrogen) atoms. The number of fused-ring (bicyclic) bond motifs is 1. The molecule has 0 unspecified atom stereocenters. The third-order valence-electron chi connectivity index (χ3n) is 9.00. The Morgan fingerprint density at radius 3 is 1.50 bits per heavy atom. The van der Waals surface area contributed by atoms with Crippen LogP contribution >= 0.6 is 11.3 Å². The van der Waals surface area contributed by atoms with Gasteiger partial charge in [-0.2, -0.15) is 8.78 Å². The molecule has 1 aliphatic rings. The molecule has 22 heteroatoms. The second kappa shape index (κ2) is 34.5. The SMILES string of the molecule is CCCN(CCC)C(=O)C1=Cc2sc(CN(C)CCOCCOCCOCCOCCOCCOCCOCCOCCOCCOC(=O)Oc3c(F)c(F)cc(F)c3F)cc2N=C(N)C1. The first kappa shape index (κ1) is 56.5. The number of aliphatic imine (C=N–C) groups is 1. The van der Waals surface area contributed by atoms with E-state index in [1.165, 1.54) is 0 Å². The summed E-state index contributed by atoms with van der Waals surface area (Å²) in [7, 11) is 2.04. The van der Waals surface area contributed by atoms with Crippen molar-refractivity contribution in [2.75, 3.05) is 152 Å². The van der Waals surface area contributed by atoms with Gasteiger partial charge in [0.1, 0.15) is 12.4 Å². The Morgan fingerprint density at radius 1 is 0.636 bits per heavy atom. The number of carbonyl (C=O) groups is 2. The molecule has 0 spiro atoms. The summed E-state index contributed by atoms with van der Waals surface area (Å²) in [6, 6.07) is 2.04. The second-order valence-corrected chi connectivity index (χ2v) is 15.6. The zero-order valence-electron chi connectivity index (χ0n) is 38.3. The lowest BCUT2D eigenvalue weighted by Gasteiger charge is -2.22. The number of ether oxygens (including phenoxy) is 11. The van der Waals surface area contributed by atoms with Gasteiger partial charge in [0.05, 0.1) is 129 Å². The van der Waals surface area contributed by atoms with Gasteiger partial charge in [0.25, 0.3) is 0 Å². The van der Waals surface area contributed by atoms with Gasteiger partial charge in [-0.15, -0.1) is 11.3 Å². The maximum Gasteiger partial charge on any atom is 0.514 e. The van der Waals surface area contributed by atoms with Crippen molar-refractivity contribution in [1.29, 1.82) is 0 Å². The standard InChI is InChI=1S/C44H66F4N4O13S/c1-4-6-52(7-5-2)43(53)33-28-38-37(50-39(49)29-33)30-34(66-38)32-51(3)8-9-55-10-11-56-12-13-57-14-15-58-16-17-59-18-19-60-20-21-61-22-23-62-24-25-63-26-27-64-44(54)65-42-40(47)35(45)31-36(46)41(42)48/h28,30-31H,4-27,29,32H2,1-3H3,(H2,49,50). The molecule has 17 nitrogen and oxygen atoms in total. The fourth-order valence-corrected chi connectivity index (χ4v) is 7.02. The quantitative estimate of drug-likeness (QED) is 0.0292. The molecule has 0 bridgehead atoms. The fraction of sp³-hybridized carbons (Fsp3) is 0.659. The van der Waals surface area contributed by atoms with Crippen LogP contribution in [0.15, 0.2) is 22.7 Å². The minimum absolute atomic E-state index is 0.0125. The van der Waals surface area contributed by atoms with Crippen molar-refractivity contribution in [1.82, 2.24) is 9.80 Å². The van der Waals surface area contributed by atoms with E-state index in [0.29, 0.717) is 117 Å². The lowest BCUT2D eigenvalue weighted by atomic mass is 10.1. The number of amidine groups is 1. The number of halogens is 4. The minimum atomic E-state index is -1.86. The van der Waals surface area contributed by atoms with E-state index in [9.17, 15) is 27.2 Å². The average Bonchev–Trinajstić information content (AvgIpc) is 3.58. The second-order valence-electron chi connectivity index (χ2n) is 14.5. The lowest BCUT2D eigenvalue weighted by Crippen LogP contribution is -2.34. The number of nitrogens with two attached hydrogens (primary N) is 1. The van der Waals surface area contributed by atoms with E-state index in [1.54, 1.807) is 11.3 Å². The predicted molar refractivity (Wildman–Crippen MR) is 237 cm³/mol. The van der Waals surface area contributed by atoms with E-state index >= 15 is 0 Å². The number of hydrogen-bond donors (Lipinski definition) is 1. The number of benzene rings is 1. The molecule has 2 heterocycles. The summed E-state index contributed by atoms with van der Waals surface area (Å²) in [6.45, 7) is 13.5. The molecule has 1 aromatic carbocycles. The van der Waals surface area contributed by atoms with Gasteiger partial charge < -0.3 is 62.7 Å². The van der Waals surface area contributed by atoms with Crippen molar-refractivity contribution in [2.24, 2.45) is 10.7 Å². The summed E-state index contributed by atoms with van der Waals surface area (Å²) < 4.78 is 111. The highest BCUT2D eigenvalue weighted by Crippen LogP contribution is 2.35. The van der Waals surface area contributed by atoms with E-state index in [2.05, 4.69) is 39.3 Å². The Morgan fingerprint density at radius 2 is 1.06 bits per heavy atom. The van der Waals surface area contributed by atoms with E-state index < -0.39 is 35.2 Å². The average molecular weight is 967 g/mol. The van der Waals surface area contributed by atoms with Gasteiger partial charge in [0.2, 0.25) is 23.3 Å². The number of thiophene rings is 1. The Hall–Kier alpha value is -3.81. The molecule has 0 atom stereocenters. The maximum atomic E-state index is 13.5. The van der Waals surface area contributed by atoms with E-state index in [0.717, 1.165) is 54.5 Å². The summed E-state index contributed by atoms with van der Waals surface area (Å²) >= 11 is 1.64. The highest BCUT2D eigenvalue weighted by molar-refractivity contribution is 7.13. The van der Waals surface area contributed by atoms with Crippen molar-refractivity contribution in [3.63, 3.8) is 0 Å². The first-order chi connectivity index (χ1) is 32.0. The first-order valence-corrected chi connectivity index (χ1v) is 22.9. The summed E-state index contributed by atoms with van der Waals surface area (Å²) in [4.78, 5) is 35.6. The van der Waals surface area contributed by atoms with Crippen molar-refractivity contribution in [3.8, 4) is 5.75 Å². The molecule has 374 valence electrons. The summed E-state index contributed by atoms with van der Waals surface area (Å²) in [5, 5.41) is 0. The molecule has 0 radical (unpaired) electrons. The van der Waals surface area contributed by atoms with Crippen LogP contribution in [0.4, 0.5) is 28.0 Å². The van der Waals surface area contributed by atoms with Crippen LogP contribution in [-0.2, 0) is 58.7 Å². The summed E-state index contributed by atoms with van der Waals surface area (Å²) in [5.41, 5.74) is 7.72.